The molecule has 1 saturated carbocycles. The predicted molar refractivity (Wildman–Crippen MR) is 72.4 cm³/mol. The minimum absolute atomic E-state index is 0.0360. The van der Waals surface area contributed by atoms with Crippen LogP contribution in [0.1, 0.15) is 33.1 Å². The summed E-state index contributed by atoms with van der Waals surface area (Å²) in [7, 11) is 0. The maximum atomic E-state index is 10.3. The topological polar surface area (TPSA) is 80.9 Å². The lowest BCUT2D eigenvalue weighted by Crippen LogP contribution is -2.27. The quantitative estimate of drug-likeness (QED) is 0.569. The molecule has 0 aromatic rings. The average molecular weight is 270 g/mol. The van der Waals surface area contributed by atoms with Gasteiger partial charge in [-0.1, -0.05) is 19.4 Å². The van der Waals surface area contributed by atoms with Gasteiger partial charge >= 0.3 is 0 Å². The van der Waals surface area contributed by atoms with Crippen molar-refractivity contribution in [1.82, 2.24) is 0 Å². The minimum Gasteiger partial charge on any atom is -0.396 e. The van der Waals surface area contributed by atoms with Crippen LogP contribution in [0, 0.1) is 23.2 Å². The molecule has 4 N–H and O–H groups in total. The smallest absolute Gasteiger partial charge is 0.0648 e. The molecular weight excluding hydrogens is 244 g/mol. The Labute approximate surface area is 114 Å². The summed E-state index contributed by atoms with van der Waals surface area (Å²) in [5.41, 5.74) is 1.90. The van der Waals surface area contributed by atoms with Gasteiger partial charge in [-0.3, -0.25) is 0 Å². The highest BCUT2D eigenvalue weighted by Crippen LogP contribution is 2.52. The van der Waals surface area contributed by atoms with Crippen molar-refractivity contribution < 1.29 is 20.4 Å². The highest BCUT2D eigenvalue weighted by atomic mass is 16.3. The first kappa shape index (κ1) is 15.0. The molecule has 0 aliphatic heterocycles. The molecule has 1 fully saturated rings. The van der Waals surface area contributed by atoms with Crippen LogP contribution in [0.2, 0.25) is 0 Å². The van der Waals surface area contributed by atoms with Crippen molar-refractivity contribution in [2.45, 2.75) is 39.2 Å². The molecule has 2 aliphatic rings. The molecule has 4 heteroatoms. The van der Waals surface area contributed by atoms with Gasteiger partial charge in [0, 0.05) is 19.1 Å². The lowest BCUT2D eigenvalue weighted by atomic mass is 9.82. The van der Waals surface area contributed by atoms with Crippen molar-refractivity contribution in [1.29, 1.82) is 0 Å². The van der Waals surface area contributed by atoms with Gasteiger partial charge in [-0.2, -0.15) is 0 Å². The predicted octanol–water partition coefficient (Wildman–Crippen LogP) is 0.693. The number of aliphatic hydroxyl groups excluding tert-OH is 4. The number of fused-ring (bicyclic) bond motifs is 1. The maximum absolute atomic E-state index is 10.3. The molecule has 0 unspecified atom stereocenters. The molecule has 5 atom stereocenters. The van der Waals surface area contributed by atoms with Crippen LogP contribution in [-0.2, 0) is 0 Å². The molecule has 0 heterocycles. The van der Waals surface area contributed by atoms with E-state index in [0.717, 1.165) is 18.4 Å². The third-order valence-electron chi connectivity index (χ3n) is 5.22. The summed E-state index contributed by atoms with van der Waals surface area (Å²) in [5, 5.41) is 39.1. The van der Waals surface area contributed by atoms with Crippen molar-refractivity contribution in [2.24, 2.45) is 23.2 Å². The average Bonchev–Trinajstić information content (AvgIpc) is 2.72. The van der Waals surface area contributed by atoms with Gasteiger partial charge in [0.1, 0.15) is 0 Å². The standard InChI is InChI=1S/C15H26O4/c1-9-11-4-15(2,8-18)5-12(11)13(7-17)10(6-16)3-14(9)19/h9-11,14,16-19H,3-8H2,1-2H3/t9-,10-,11+,14+,15-/m1/s1. The van der Waals surface area contributed by atoms with E-state index in [1.54, 1.807) is 0 Å². The Morgan fingerprint density at radius 2 is 1.95 bits per heavy atom. The molecule has 0 bridgehead atoms. The van der Waals surface area contributed by atoms with E-state index in [0.29, 0.717) is 6.42 Å². The van der Waals surface area contributed by atoms with E-state index in [-0.39, 0.29) is 43.0 Å². The van der Waals surface area contributed by atoms with Crippen LogP contribution in [0.3, 0.4) is 0 Å². The Bertz CT molecular complexity index is 365. The SMILES string of the molecule is C[C@@H]1[C@@H]2C[C@@](C)(CO)CC2=C(CO)[C@@H](CO)C[C@@H]1O. The first-order valence-electron chi connectivity index (χ1n) is 7.18. The van der Waals surface area contributed by atoms with E-state index < -0.39 is 6.10 Å². The van der Waals surface area contributed by atoms with Gasteiger partial charge < -0.3 is 20.4 Å². The first-order chi connectivity index (χ1) is 8.95. The van der Waals surface area contributed by atoms with E-state index in [9.17, 15) is 20.4 Å². The van der Waals surface area contributed by atoms with Gasteiger partial charge in [-0.05, 0) is 42.1 Å². The molecule has 0 amide bonds. The summed E-state index contributed by atoms with van der Waals surface area (Å²) < 4.78 is 0. The molecule has 2 aliphatic carbocycles. The monoisotopic (exact) mass is 270 g/mol. The number of aliphatic hydroxyl groups is 4. The molecule has 4 nitrogen and oxygen atoms in total. The van der Waals surface area contributed by atoms with Crippen molar-refractivity contribution in [3.63, 3.8) is 0 Å². The second-order valence-corrected chi connectivity index (χ2v) is 6.71. The van der Waals surface area contributed by atoms with Gasteiger partial charge in [-0.15, -0.1) is 0 Å². The van der Waals surface area contributed by atoms with Crippen LogP contribution >= 0.6 is 0 Å². The van der Waals surface area contributed by atoms with E-state index in [1.165, 1.54) is 5.57 Å². The molecular formula is C15H26O4. The summed E-state index contributed by atoms with van der Waals surface area (Å²) in [6.07, 6.45) is 1.67. The lowest BCUT2D eigenvalue weighted by Gasteiger charge is -2.26. The van der Waals surface area contributed by atoms with Gasteiger partial charge in [0.15, 0.2) is 0 Å². The Hall–Kier alpha value is -0.420. The third-order valence-corrected chi connectivity index (χ3v) is 5.22. The summed E-state index contributed by atoms with van der Waals surface area (Å²) in [4.78, 5) is 0. The van der Waals surface area contributed by atoms with Gasteiger partial charge in [0.25, 0.3) is 0 Å². The van der Waals surface area contributed by atoms with Crippen LogP contribution in [0.4, 0.5) is 0 Å². The Morgan fingerprint density at radius 3 is 2.47 bits per heavy atom. The number of allylic oxidation sites excluding steroid dienone is 1. The lowest BCUT2D eigenvalue weighted by molar-refractivity contribution is 0.0595. The Morgan fingerprint density at radius 1 is 1.26 bits per heavy atom. The van der Waals surface area contributed by atoms with Crippen molar-refractivity contribution >= 4 is 0 Å². The minimum atomic E-state index is -0.456. The van der Waals surface area contributed by atoms with Gasteiger partial charge in [-0.25, -0.2) is 0 Å². The molecule has 110 valence electrons. The zero-order chi connectivity index (χ0) is 14.2. The van der Waals surface area contributed by atoms with Crippen LogP contribution in [0.15, 0.2) is 11.1 Å². The van der Waals surface area contributed by atoms with Crippen LogP contribution < -0.4 is 0 Å². The molecule has 2 rings (SSSR count). The molecule has 0 spiro atoms. The van der Waals surface area contributed by atoms with E-state index in [1.807, 2.05) is 6.92 Å². The number of rotatable bonds is 3. The molecule has 0 saturated heterocycles. The number of hydrogen-bond donors (Lipinski definition) is 4. The first-order valence-corrected chi connectivity index (χ1v) is 7.18. The highest BCUT2D eigenvalue weighted by molar-refractivity contribution is 5.28. The summed E-state index contributed by atoms with van der Waals surface area (Å²) in [6, 6.07) is 0. The summed E-state index contributed by atoms with van der Waals surface area (Å²) >= 11 is 0. The zero-order valence-corrected chi connectivity index (χ0v) is 11.8. The fourth-order valence-corrected chi connectivity index (χ4v) is 3.89. The second-order valence-electron chi connectivity index (χ2n) is 6.71. The fourth-order valence-electron chi connectivity index (χ4n) is 3.89. The summed E-state index contributed by atoms with van der Waals surface area (Å²) in [5.74, 6) is 0.177. The Kier molecular flexibility index (Phi) is 4.35. The Balaban J connectivity index is 2.43. The zero-order valence-electron chi connectivity index (χ0n) is 11.8. The molecule has 19 heavy (non-hydrogen) atoms. The number of hydrogen-bond acceptors (Lipinski definition) is 4. The maximum Gasteiger partial charge on any atom is 0.0648 e. The molecule has 0 aromatic heterocycles. The molecule has 0 aromatic carbocycles. The van der Waals surface area contributed by atoms with Gasteiger partial charge in [0.05, 0.1) is 12.7 Å². The van der Waals surface area contributed by atoms with Crippen molar-refractivity contribution in [3.8, 4) is 0 Å². The van der Waals surface area contributed by atoms with E-state index in [4.69, 9.17) is 0 Å². The van der Waals surface area contributed by atoms with Gasteiger partial charge in [0.2, 0.25) is 0 Å². The van der Waals surface area contributed by atoms with E-state index in [2.05, 4.69) is 6.92 Å². The summed E-state index contributed by atoms with van der Waals surface area (Å²) in [6.45, 7) is 4.12. The van der Waals surface area contributed by atoms with Crippen LogP contribution in [0.25, 0.3) is 0 Å². The van der Waals surface area contributed by atoms with Crippen LogP contribution in [-0.4, -0.2) is 46.4 Å². The normalized spacial score (nSPS) is 43.3. The largest absolute Gasteiger partial charge is 0.396 e. The fraction of sp³-hybridized carbons (Fsp3) is 0.867. The van der Waals surface area contributed by atoms with Crippen LogP contribution in [0.5, 0.6) is 0 Å². The highest BCUT2D eigenvalue weighted by Gasteiger charge is 2.45. The van der Waals surface area contributed by atoms with Crippen molar-refractivity contribution in [2.75, 3.05) is 19.8 Å². The second kappa shape index (κ2) is 5.52. The van der Waals surface area contributed by atoms with Crippen molar-refractivity contribution in [3.05, 3.63) is 11.1 Å². The third kappa shape index (κ3) is 2.59. The van der Waals surface area contributed by atoms with E-state index >= 15 is 0 Å². The molecule has 0 radical (unpaired) electrons.